The van der Waals surface area contributed by atoms with E-state index in [9.17, 15) is 4.79 Å². The summed E-state index contributed by atoms with van der Waals surface area (Å²) in [6.07, 6.45) is 1.80. The molecule has 1 saturated heterocycles. The van der Waals surface area contributed by atoms with Gasteiger partial charge in [0.15, 0.2) is 4.32 Å². The molecule has 128 valence electrons. The van der Waals surface area contributed by atoms with Crippen LogP contribution in [0.15, 0.2) is 51.8 Å². The smallest absolute Gasteiger partial charge is 0.270 e. The van der Waals surface area contributed by atoms with Crippen molar-refractivity contribution in [2.75, 3.05) is 19.1 Å². The average Bonchev–Trinajstić information content (AvgIpc) is 2.89. The van der Waals surface area contributed by atoms with Crippen LogP contribution in [0.1, 0.15) is 5.56 Å². The first-order chi connectivity index (χ1) is 12.0. The molecular weight excluding hydrogens is 422 g/mol. The largest absolute Gasteiger partial charge is 0.497 e. The SMILES string of the molecule is COc1ccc(N2C(=O)/C(=C/c3cc(Br)ccc3OC)SC2=S)cc1. The number of carbonyl (C=O) groups is 1. The van der Waals surface area contributed by atoms with Crippen molar-refractivity contribution in [2.45, 2.75) is 0 Å². The van der Waals surface area contributed by atoms with Crippen molar-refractivity contribution in [3.8, 4) is 11.5 Å². The van der Waals surface area contributed by atoms with E-state index in [4.69, 9.17) is 21.7 Å². The van der Waals surface area contributed by atoms with Gasteiger partial charge in [0.05, 0.1) is 24.8 Å². The van der Waals surface area contributed by atoms with E-state index < -0.39 is 0 Å². The maximum Gasteiger partial charge on any atom is 0.270 e. The maximum absolute atomic E-state index is 12.8. The number of amides is 1. The van der Waals surface area contributed by atoms with Crippen LogP contribution in [0.2, 0.25) is 0 Å². The van der Waals surface area contributed by atoms with Crippen LogP contribution >= 0.6 is 39.9 Å². The van der Waals surface area contributed by atoms with Crippen LogP contribution in [0.25, 0.3) is 6.08 Å². The second kappa shape index (κ2) is 7.59. The second-order valence-electron chi connectivity index (χ2n) is 5.10. The summed E-state index contributed by atoms with van der Waals surface area (Å²) in [5.41, 5.74) is 1.53. The zero-order valence-corrected chi connectivity index (χ0v) is 16.7. The van der Waals surface area contributed by atoms with Crippen molar-refractivity contribution < 1.29 is 14.3 Å². The predicted octanol–water partition coefficient (Wildman–Crippen LogP) is 4.87. The zero-order valence-electron chi connectivity index (χ0n) is 13.5. The Kier molecular flexibility index (Phi) is 5.46. The highest BCUT2D eigenvalue weighted by molar-refractivity contribution is 9.10. The maximum atomic E-state index is 12.8. The van der Waals surface area contributed by atoms with E-state index >= 15 is 0 Å². The molecule has 2 aromatic rings. The van der Waals surface area contributed by atoms with Crippen molar-refractivity contribution in [1.29, 1.82) is 0 Å². The normalized spacial score (nSPS) is 15.8. The lowest BCUT2D eigenvalue weighted by Gasteiger charge is -2.14. The summed E-state index contributed by atoms with van der Waals surface area (Å²) in [5, 5.41) is 0. The third-order valence-corrected chi connectivity index (χ3v) is 5.40. The Morgan fingerprint density at radius 2 is 1.84 bits per heavy atom. The first-order valence-electron chi connectivity index (χ1n) is 7.29. The summed E-state index contributed by atoms with van der Waals surface area (Å²) in [5.74, 6) is 1.27. The molecule has 1 heterocycles. The number of hydrogen-bond donors (Lipinski definition) is 0. The molecule has 0 N–H and O–H groups in total. The number of benzene rings is 2. The number of nitrogens with zero attached hydrogens (tertiary/aromatic N) is 1. The molecule has 0 unspecified atom stereocenters. The molecule has 1 fully saturated rings. The second-order valence-corrected chi connectivity index (χ2v) is 7.69. The average molecular weight is 436 g/mol. The van der Waals surface area contributed by atoms with Gasteiger partial charge in [-0.1, -0.05) is 39.9 Å². The summed E-state index contributed by atoms with van der Waals surface area (Å²) in [6.45, 7) is 0. The molecule has 0 saturated carbocycles. The van der Waals surface area contributed by atoms with E-state index in [0.717, 1.165) is 15.8 Å². The van der Waals surface area contributed by atoms with Gasteiger partial charge in [-0.15, -0.1) is 0 Å². The number of thioether (sulfide) groups is 1. The van der Waals surface area contributed by atoms with E-state index in [1.165, 1.54) is 16.7 Å². The third-order valence-electron chi connectivity index (χ3n) is 3.60. The topological polar surface area (TPSA) is 38.8 Å². The van der Waals surface area contributed by atoms with E-state index in [-0.39, 0.29) is 5.91 Å². The Labute approximate surface area is 163 Å². The quantitative estimate of drug-likeness (QED) is 0.505. The monoisotopic (exact) mass is 435 g/mol. The van der Waals surface area contributed by atoms with E-state index in [2.05, 4.69) is 15.9 Å². The van der Waals surface area contributed by atoms with E-state index in [1.807, 2.05) is 30.3 Å². The Balaban J connectivity index is 1.94. The molecule has 0 aromatic heterocycles. The van der Waals surface area contributed by atoms with Crippen molar-refractivity contribution >= 4 is 61.9 Å². The van der Waals surface area contributed by atoms with Gasteiger partial charge in [0.25, 0.3) is 5.91 Å². The van der Waals surface area contributed by atoms with Gasteiger partial charge in [0.1, 0.15) is 11.5 Å². The molecule has 2 aromatic carbocycles. The van der Waals surface area contributed by atoms with Crippen LogP contribution in [0.3, 0.4) is 0 Å². The van der Waals surface area contributed by atoms with Gasteiger partial charge in [-0.3, -0.25) is 9.69 Å². The molecule has 0 atom stereocenters. The number of thiocarbonyl (C=S) groups is 1. The van der Waals surface area contributed by atoms with Crippen LogP contribution in [0, 0.1) is 0 Å². The minimum absolute atomic E-state index is 0.151. The number of hydrogen-bond acceptors (Lipinski definition) is 5. The summed E-state index contributed by atoms with van der Waals surface area (Å²) in [4.78, 5) is 14.9. The highest BCUT2D eigenvalue weighted by Gasteiger charge is 2.33. The molecule has 0 aliphatic carbocycles. The number of rotatable bonds is 4. The van der Waals surface area contributed by atoms with Crippen molar-refractivity contribution in [2.24, 2.45) is 0 Å². The Morgan fingerprint density at radius 3 is 2.48 bits per heavy atom. The summed E-state index contributed by atoms with van der Waals surface area (Å²) in [6, 6.07) is 12.9. The molecule has 25 heavy (non-hydrogen) atoms. The number of anilines is 1. The third kappa shape index (κ3) is 3.73. The number of carbonyl (C=O) groups excluding carboxylic acids is 1. The zero-order chi connectivity index (χ0) is 18.0. The molecular formula is C18H14BrNO3S2. The molecule has 4 nitrogen and oxygen atoms in total. The summed E-state index contributed by atoms with van der Waals surface area (Å²) >= 11 is 10.1. The van der Waals surface area contributed by atoms with Crippen LogP contribution in [-0.4, -0.2) is 24.4 Å². The minimum Gasteiger partial charge on any atom is -0.497 e. The number of ether oxygens (including phenoxy) is 2. The molecule has 3 rings (SSSR count). The molecule has 0 bridgehead atoms. The van der Waals surface area contributed by atoms with Gasteiger partial charge in [-0.05, 0) is 48.5 Å². The van der Waals surface area contributed by atoms with Crippen molar-refractivity contribution in [3.05, 3.63) is 57.4 Å². The standard InChI is InChI=1S/C18H14BrNO3S2/c1-22-14-6-4-13(5-7-14)20-17(21)16(25-18(20)24)10-11-9-12(19)3-8-15(11)23-2/h3-10H,1-2H3/b16-10-. The highest BCUT2D eigenvalue weighted by Crippen LogP contribution is 2.37. The fourth-order valence-electron chi connectivity index (χ4n) is 2.38. The van der Waals surface area contributed by atoms with E-state index in [1.54, 1.807) is 32.4 Å². The molecule has 7 heteroatoms. The first-order valence-corrected chi connectivity index (χ1v) is 9.31. The lowest BCUT2D eigenvalue weighted by Crippen LogP contribution is -2.27. The molecule has 1 amide bonds. The van der Waals surface area contributed by atoms with Gasteiger partial charge >= 0.3 is 0 Å². The van der Waals surface area contributed by atoms with E-state index in [0.29, 0.717) is 20.7 Å². The molecule has 1 aliphatic heterocycles. The minimum atomic E-state index is -0.151. The Bertz CT molecular complexity index is 865. The van der Waals surface area contributed by atoms with Crippen LogP contribution in [0.5, 0.6) is 11.5 Å². The Hall–Kier alpha value is -1.83. The first kappa shape index (κ1) is 18.0. The van der Waals surface area contributed by atoms with Crippen LogP contribution < -0.4 is 14.4 Å². The highest BCUT2D eigenvalue weighted by atomic mass is 79.9. The van der Waals surface area contributed by atoms with Gasteiger partial charge in [-0.2, -0.15) is 0 Å². The molecule has 1 aliphatic rings. The molecule has 0 radical (unpaired) electrons. The predicted molar refractivity (Wildman–Crippen MR) is 109 cm³/mol. The van der Waals surface area contributed by atoms with Crippen LogP contribution in [0.4, 0.5) is 5.69 Å². The van der Waals surface area contributed by atoms with Crippen molar-refractivity contribution in [3.63, 3.8) is 0 Å². The lowest BCUT2D eigenvalue weighted by atomic mass is 10.2. The number of methoxy groups -OCH3 is 2. The van der Waals surface area contributed by atoms with Gasteiger partial charge in [0.2, 0.25) is 0 Å². The summed E-state index contributed by atoms with van der Waals surface area (Å²) < 4.78 is 11.9. The molecule has 0 spiro atoms. The number of halogens is 1. The van der Waals surface area contributed by atoms with Crippen molar-refractivity contribution in [1.82, 2.24) is 0 Å². The fourth-order valence-corrected chi connectivity index (χ4v) is 4.05. The lowest BCUT2D eigenvalue weighted by molar-refractivity contribution is -0.113. The van der Waals surface area contributed by atoms with Crippen LogP contribution in [-0.2, 0) is 4.79 Å². The van der Waals surface area contributed by atoms with Gasteiger partial charge in [0, 0.05) is 10.0 Å². The fraction of sp³-hybridized carbons (Fsp3) is 0.111. The van der Waals surface area contributed by atoms with Gasteiger partial charge < -0.3 is 9.47 Å². The Morgan fingerprint density at radius 1 is 1.12 bits per heavy atom. The summed E-state index contributed by atoms with van der Waals surface area (Å²) in [7, 11) is 3.20. The van der Waals surface area contributed by atoms with Gasteiger partial charge in [-0.25, -0.2) is 0 Å².